The molecule has 2 rings (SSSR count). The SMILES string of the molecule is CC(C)C(C(=O)Oc1cc(O)[nH]c1O)c1cccc(C(F)(F)F)c1. The van der Waals surface area contributed by atoms with Gasteiger partial charge in [-0.25, -0.2) is 0 Å². The molecule has 1 heterocycles. The Labute approximate surface area is 135 Å². The molecule has 0 bridgehead atoms. The van der Waals surface area contributed by atoms with Gasteiger partial charge in [0.2, 0.25) is 5.88 Å². The van der Waals surface area contributed by atoms with E-state index >= 15 is 0 Å². The van der Waals surface area contributed by atoms with Gasteiger partial charge in [0.15, 0.2) is 11.6 Å². The van der Waals surface area contributed by atoms with Crippen LogP contribution in [0, 0.1) is 5.92 Å². The Morgan fingerprint density at radius 2 is 1.88 bits per heavy atom. The Morgan fingerprint density at radius 1 is 1.21 bits per heavy atom. The minimum absolute atomic E-state index is 0.157. The number of H-pyrrole nitrogens is 1. The molecule has 0 fully saturated rings. The fraction of sp³-hybridized carbons (Fsp3) is 0.312. The van der Waals surface area contributed by atoms with Gasteiger partial charge in [-0.1, -0.05) is 32.0 Å². The first-order chi connectivity index (χ1) is 11.1. The van der Waals surface area contributed by atoms with E-state index in [4.69, 9.17) is 4.74 Å². The number of carbonyl (C=O) groups excluding carboxylic acids is 1. The zero-order chi connectivity index (χ0) is 18.1. The van der Waals surface area contributed by atoms with Gasteiger partial charge < -0.3 is 14.9 Å². The van der Waals surface area contributed by atoms with Gasteiger partial charge in [-0.15, -0.1) is 0 Å². The first-order valence-corrected chi connectivity index (χ1v) is 7.09. The van der Waals surface area contributed by atoms with Crippen LogP contribution in [0.1, 0.15) is 30.9 Å². The van der Waals surface area contributed by atoms with Crippen molar-refractivity contribution >= 4 is 5.97 Å². The van der Waals surface area contributed by atoms with Gasteiger partial charge in [0.1, 0.15) is 0 Å². The Kier molecular flexibility index (Phi) is 4.77. The summed E-state index contributed by atoms with van der Waals surface area (Å²) in [5.74, 6) is -3.41. The van der Waals surface area contributed by atoms with Crippen molar-refractivity contribution in [3.63, 3.8) is 0 Å². The summed E-state index contributed by atoms with van der Waals surface area (Å²) in [4.78, 5) is 14.5. The number of esters is 1. The summed E-state index contributed by atoms with van der Waals surface area (Å²) < 4.78 is 43.6. The largest absolute Gasteiger partial charge is 0.494 e. The lowest BCUT2D eigenvalue weighted by Gasteiger charge is -2.20. The van der Waals surface area contributed by atoms with Crippen molar-refractivity contribution in [3.8, 4) is 17.5 Å². The molecule has 0 aliphatic rings. The molecule has 0 amide bonds. The third-order valence-electron chi connectivity index (χ3n) is 3.45. The molecule has 0 saturated heterocycles. The first-order valence-electron chi connectivity index (χ1n) is 7.09. The van der Waals surface area contributed by atoms with Crippen LogP contribution in [-0.4, -0.2) is 21.2 Å². The van der Waals surface area contributed by atoms with E-state index < -0.39 is 35.4 Å². The molecule has 0 spiro atoms. The van der Waals surface area contributed by atoms with Gasteiger partial charge in [0.05, 0.1) is 11.5 Å². The topological polar surface area (TPSA) is 82.5 Å². The molecule has 8 heteroatoms. The number of aromatic amines is 1. The third kappa shape index (κ3) is 3.81. The molecule has 1 atom stereocenters. The van der Waals surface area contributed by atoms with E-state index in [9.17, 15) is 28.2 Å². The van der Waals surface area contributed by atoms with Gasteiger partial charge in [0, 0.05) is 6.07 Å². The molecule has 2 aromatic rings. The maximum Gasteiger partial charge on any atom is 0.416 e. The molecule has 0 saturated carbocycles. The standard InChI is InChI=1S/C16H16F3NO4/c1-8(2)13(9-4-3-5-10(6-9)16(17,18)19)15(23)24-11-7-12(21)20-14(11)22/h3-8,13,20-22H,1-2H3. The van der Waals surface area contributed by atoms with Gasteiger partial charge in [0.25, 0.3) is 0 Å². The van der Waals surface area contributed by atoms with Gasteiger partial charge >= 0.3 is 12.1 Å². The average Bonchev–Trinajstić information content (AvgIpc) is 2.76. The molecule has 0 aliphatic carbocycles. The fourth-order valence-corrected chi connectivity index (χ4v) is 2.36. The van der Waals surface area contributed by atoms with Crippen LogP contribution >= 0.6 is 0 Å². The molecule has 1 aromatic carbocycles. The summed E-state index contributed by atoms with van der Waals surface area (Å²) in [6, 6.07) is 5.45. The quantitative estimate of drug-likeness (QED) is 0.738. The average molecular weight is 343 g/mol. The molecule has 0 radical (unpaired) electrons. The zero-order valence-corrected chi connectivity index (χ0v) is 12.9. The van der Waals surface area contributed by atoms with E-state index in [1.165, 1.54) is 12.1 Å². The lowest BCUT2D eigenvalue weighted by Crippen LogP contribution is -2.23. The van der Waals surface area contributed by atoms with E-state index in [0.29, 0.717) is 0 Å². The minimum atomic E-state index is -4.52. The number of aromatic nitrogens is 1. The number of nitrogens with one attached hydrogen (secondary N) is 1. The van der Waals surface area contributed by atoms with Gasteiger partial charge in [-0.2, -0.15) is 13.2 Å². The van der Waals surface area contributed by atoms with E-state index in [1.807, 2.05) is 0 Å². The number of aromatic hydroxyl groups is 2. The second-order valence-electron chi connectivity index (χ2n) is 5.63. The number of rotatable bonds is 4. The molecule has 0 aliphatic heterocycles. The maximum absolute atomic E-state index is 12.9. The van der Waals surface area contributed by atoms with Gasteiger partial charge in [-0.05, 0) is 17.5 Å². The number of hydrogen-bond acceptors (Lipinski definition) is 4. The lowest BCUT2D eigenvalue weighted by atomic mass is 9.87. The molecular formula is C16H16F3NO4. The summed E-state index contributed by atoms with van der Waals surface area (Å²) >= 11 is 0. The second-order valence-corrected chi connectivity index (χ2v) is 5.63. The molecule has 5 nitrogen and oxygen atoms in total. The predicted molar refractivity (Wildman–Crippen MR) is 78.8 cm³/mol. The number of alkyl halides is 3. The van der Waals surface area contributed by atoms with Crippen LogP contribution in [0.2, 0.25) is 0 Å². The van der Waals surface area contributed by atoms with Crippen molar-refractivity contribution < 1.29 is 32.9 Å². The maximum atomic E-state index is 12.9. The van der Waals surface area contributed by atoms with Crippen molar-refractivity contribution in [1.29, 1.82) is 0 Å². The highest BCUT2D eigenvalue weighted by Crippen LogP contribution is 2.35. The summed E-state index contributed by atoms with van der Waals surface area (Å²) in [6.45, 7) is 3.33. The van der Waals surface area contributed by atoms with Crippen LogP contribution in [0.5, 0.6) is 17.5 Å². The number of halogens is 3. The Balaban J connectivity index is 2.32. The van der Waals surface area contributed by atoms with E-state index in [2.05, 4.69) is 4.98 Å². The van der Waals surface area contributed by atoms with Gasteiger partial charge in [-0.3, -0.25) is 9.78 Å². The van der Waals surface area contributed by atoms with Crippen LogP contribution in [0.4, 0.5) is 13.2 Å². The van der Waals surface area contributed by atoms with Crippen LogP contribution in [0.25, 0.3) is 0 Å². The van der Waals surface area contributed by atoms with Crippen LogP contribution in [-0.2, 0) is 11.0 Å². The molecular weight excluding hydrogens is 327 g/mol. The predicted octanol–water partition coefficient (Wildman–Crippen LogP) is 3.79. The summed E-state index contributed by atoms with van der Waals surface area (Å²) in [5, 5.41) is 18.7. The number of ether oxygens (including phenoxy) is 1. The van der Waals surface area contributed by atoms with Crippen molar-refractivity contribution in [3.05, 3.63) is 41.5 Å². The lowest BCUT2D eigenvalue weighted by molar-refractivity contribution is -0.139. The smallest absolute Gasteiger partial charge is 0.416 e. The van der Waals surface area contributed by atoms with Crippen molar-refractivity contribution in [1.82, 2.24) is 4.98 Å². The van der Waals surface area contributed by atoms with E-state index in [-0.39, 0.29) is 17.2 Å². The van der Waals surface area contributed by atoms with E-state index in [1.54, 1.807) is 13.8 Å². The highest BCUT2D eigenvalue weighted by atomic mass is 19.4. The fourth-order valence-electron chi connectivity index (χ4n) is 2.36. The molecule has 130 valence electrons. The molecule has 1 aromatic heterocycles. The second kappa shape index (κ2) is 6.46. The van der Waals surface area contributed by atoms with E-state index in [0.717, 1.165) is 18.2 Å². The van der Waals surface area contributed by atoms with Crippen LogP contribution < -0.4 is 4.74 Å². The number of hydrogen-bond donors (Lipinski definition) is 3. The molecule has 3 N–H and O–H groups in total. The number of carbonyl (C=O) groups is 1. The zero-order valence-electron chi connectivity index (χ0n) is 12.9. The third-order valence-corrected chi connectivity index (χ3v) is 3.45. The monoisotopic (exact) mass is 343 g/mol. The highest BCUT2D eigenvalue weighted by molar-refractivity contribution is 5.81. The minimum Gasteiger partial charge on any atom is -0.494 e. The Bertz CT molecular complexity index is 737. The highest BCUT2D eigenvalue weighted by Gasteiger charge is 2.33. The molecule has 1 unspecified atom stereocenters. The Hall–Kier alpha value is -2.64. The van der Waals surface area contributed by atoms with Crippen molar-refractivity contribution in [2.24, 2.45) is 5.92 Å². The number of benzene rings is 1. The normalized spacial score (nSPS) is 13.1. The van der Waals surface area contributed by atoms with Crippen molar-refractivity contribution in [2.75, 3.05) is 0 Å². The molecule has 24 heavy (non-hydrogen) atoms. The first kappa shape index (κ1) is 17.7. The summed E-state index contributed by atoms with van der Waals surface area (Å²) in [6.07, 6.45) is -4.52. The van der Waals surface area contributed by atoms with Crippen LogP contribution in [0.3, 0.4) is 0 Å². The summed E-state index contributed by atoms with van der Waals surface area (Å²) in [5.41, 5.74) is -0.704. The van der Waals surface area contributed by atoms with Crippen molar-refractivity contribution in [2.45, 2.75) is 25.9 Å². The summed E-state index contributed by atoms with van der Waals surface area (Å²) in [7, 11) is 0. The Morgan fingerprint density at radius 3 is 2.38 bits per heavy atom. The van der Waals surface area contributed by atoms with Crippen LogP contribution in [0.15, 0.2) is 30.3 Å².